The van der Waals surface area contributed by atoms with Gasteiger partial charge in [0, 0.05) is 17.2 Å². The summed E-state index contributed by atoms with van der Waals surface area (Å²) in [6, 6.07) is 10.4. The number of carbonyl (C=O) groups excluding carboxylic acids is 1. The van der Waals surface area contributed by atoms with E-state index in [1.807, 2.05) is 0 Å². The van der Waals surface area contributed by atoms with Crippen molar-refractivity contribution in [2.45, 2.75) is 43.9 Å². The van der Waals surface area contributed by atoms with Gasteiger partial charge >= 0.3 is 0 Å². The van der Waals surface area contributed by atoms with E-state index in [0.717, 1.165) is 31.7 Å². The summed E-state index contributed by atoms with van der Waals surface area (Å²) in [5.41, 5.74) is 3.03. The molecule has 0 radical (unpaired) electrons. The fraction of sp³-hybridized carbons (Fsp3) is 0.280. The summed E-state index contributed by atoms with van der Waals surface area (Å²) in [6.45, 7) is 1.69. The second-order valence-corrected chi connectivity index (χ2v) is 10.6. The summed E-state index contributed by atoms with van der Waals surface area (Å²) in [7, 11) is -4.09. The third-order valence-corrected chi connectivity index (χ3v) is 7.69. The normalized spacial score (nSPS) is 14.6. The molecule has 0 bridgehead atoms. The van der Waals surface area contributed by atoms with Gasteiger partial charge in [0.2, 0.25) is 5.91 Å². The van der Waals surface area contributed by atoms with Gasteiger partial charge in [-0.15, -0.1) is 0 Å². The van der Waals surface area contributed by atoms with E-state index in [-0.39, 0.29) is 17.5 Å². The molecule has 1 amide bonds. The first-order chi connectivity index (χ1) is 17.3. The minimum absolute atomic E-state index is 0.00363. The van der Waals surface area contributed by atoms with E-state index in [2.05, 4.69) is 30.2 Å². The lowest BCUT2D eigenvalue weighted by molar-refractivity contribution is -0.120. The van der Waals surface area contributed by atoms with Crippen LogP contribution in [-0.4, -0.2) is 34.5 Å². The molecule has 0 atom stereocenters. The molecule has 3 N–H and O–H groups in total. The van der Waals surface area contributed by atoms with Gasteiger partial charge in [0.15, 0.2) is 17.0 Å². The molecule has 36 heavy (non-hydrogen) atoms. The van der Waals surface area contributed by atoms with E-state index in [1.54, 1.807) is 37.4 Å². The Kier molecular flexibility index (Phi) is 6.40. The number of fused-ring (bicyclic) bond motifs is 1. The average Bonchev–Trinajstić information content (AvgIpc) is 3.28. The van der Waals surface area contributed by atoms with Crippen LogP contribution in [-0.2, 0) is 14.8 Å². The van der Waals surface area contributed by atoms with Gasteiger partial charge in [-0.25, -0.2) is 22.8 Å². The Bertz CT molecular complexity index is 1530. The number of sulfonamides is 1. The molecule has 9 nitrogen and oxygen atoms in total. The topological polar surface area (TPSA) is 130 Å². The minimum Gasteiger partial charge on any atom is -0.307 e. The van der Waals surface area contributed by atoms with Crippen LogP contribution in [0.3, 0.4) is 0 Å². The lowest BCUT2D eigenvalue weighted by Gasteiger charge is -2.19. The van der Waals surface area contributed by atoms with Crippen LogP contribution in [0.1, 0.15) is 37.7 Å². The van der Waals surface area contributed by atoms with Gasteiger partial charge in [0.1, 0.15) is 10.7 Å². The Labute approximate surface area is 207 Å². The van der Waals surface area contributed by atoms with E-state index >= 15 is 0 Å². The van der Waals surface area contributed by atoms with Gasteiger partial charge in [-0.1, -0.05) is 37.5 Å². The summed E-state index contributed by atoms with van der Waals surface area (Å²) in [6.07, 6.45) is 6.63. The van der Waals surface area contributed by atoms with Crippen molar-refractivity contribution in [3.63, 3.8) is 0 Å². The van der Waals surface area contributed by atoms with Gasteiger partial charge in [-0.05, 0) is 49.6 Å². The third kappa shape index (κ3) is 4.92. The average molecular weight is 509 g/mol. The molecule has 2 heterocycles. The van der Waals surface area contributed by atoms with Crippen molar-refractivity contribution in [2.24, 2.45) is 5.92 Å². The molecule has 1 saturated carbocycles. The number of anilines is 2. The monoisotopic (exact) mass is 508 g/mol. The van der Waals surface area contributed by atoms with Gasteiger partial charge in [0.25, 0.3) is 10.0 Å². The largest absolute Gasteiger partial charge is 0.307 e. The lowest BCUT2D eigenvalue weighted by Crippen LogP contribution is -2.25. The summed E-state index contributed by atoms with van der Waals surface area (Å²) in [4.78, 5) is 21.1. The van der Waals surface area contributed by atoms with E-state index in [1.165, 1.54) is 18.6 Å². The van der Waals surface area contributed by atoms with Crippen LogP contribution < -0.4 is 10.0 Å². The van der Waals surface area contributed by atoms with E-state index < -0.39 is 20.7 Å². The highest BCUT2D eigenvalue weighted by molar-refractivity contribution is 7.92. The Hall–Kier alpha value is -3.86. The fourth-order valence-corrected chi connectivity index (χ4v) is 5.57. The zero-order chi connectivity index (χ0) is 25.3. The van der Waals surface area contributed by atoms with Crippen LogP contribution >= 0.6 is 0 Å². The second kappa shape index (κ2) is 9.65. The van der Waals surface area contributed by atoms with Crippen LogP contribution in [0.25, 0.3) is 22.4 Å². The van der Waals surface area contributed by atoms with Crippen molar-refractivity contribution in [3.05, 3.63) is 60.0 Å². The highest BCUT2D eigenvalue weighted by Crippen LogP contribution is 2.27. The number of carbonyl (C=O) groups is 1. The summed E-state index contributed by atoms with van der Waals surface area (Å²) in [5, 5.41) is 9.85. The Morgan fingerprint density at radius 3 is 2.58 bits per heavy atom. The summed E-state index contributed by atoms with van der Waals surface area (Å²) < 4.78 is 41.8. The molecule has 1 aliphatic carbocycles. The first-order valence-corrected chi connectivity index (χ1v) is 13.2. The van der Waals surface area contributed by atoms with Crippen molar-refractivity contribution in [1.82, 2.24) is 20.2 Å². The predicted molar refractivity (Wildman–Crippen MR) is 134 cm³/mol. The van der Waals surface area contributed by atoms with Gasteiger partial charge in [0.05, 0.1) is 11.9 Å². The molecular weight excluding hydrogens is 483 g/mol. The number of hydrogen-bond acceptors (Lipinski definition) is 6. The number of aromatic amines is 1. The molecule has 5 rings (SSSR count). The number of rotatable bonds is 6. The molecular formula is C25H25FN6O3S. The number of H-pyrrole nitrogens is 1. The number of halogens is 1. The van der Waals surface area contributed by atoms with Crippen LogP contribution in [0.5, 0.6) is 0 Å². The molecule has 11 heteroatoms. The second-order valence-electron chi connectivity index (χ2n) is 8.97. The van der Waals surface area contributed by atoms with E-state index in [4.69, 9.17) is 0 Å². The molecule has 2 aromatic carbocycles. The maximum atomic E-state index is 14.1. The molecule has 4 aromatic rings. The van der Waals surface area contributed by atoms with E-state index in [0.29, 0.717) is 33.8 Å². The number of nitrogens with one attached hydrogen (secondary N) is 3. The number of aryl methyl sites for hydroxylation is 1. The fourth-order valence-electron chi connectivity index (χ4n) is 4.35. The van der Waals surface area contributed by atoms with Crippen molar-refractivity contribution in [3.8, 4) is 11.3 Å². The molecule has 0 saturated heterocycles. The molecule has 0 unspecified atom stereocenters. The first-order valence-electron chi connectivity index (χ1n) is 11.7. The maximum Gasteiger partial charge on any atom is 0.264 e. The maximum absolute atomic E-state index is 14.1. The number of nitrogens with zero attached hydrogens (tertiary/aromatic N) is 3. The van der Waals surface area contributed by atoms with Crippen LogP contribution in [0.15, 0.2) is 53.6 Å². The molecule has 1 fully saturated rings. The van der Waals surface area contributed by atoms with Crippen LogP contribution in [0, 0.1) is 18.7 Å². The SMILES string of the molecule is Cc1ccc(F)c(S(=O)(=O)Nc2ccc(-c3cnc4c(NC(=O)C5CCCCC5)n[nH]c4n3)cc2)c1. The third-order valence-electron chi connectivity index (χ3n) is 6.30. The standard InChI is InChI=1S/C25H25FN6O3S/c1-15-7-12-19(26)21(13-15)36(34,35)32-18-10-8-16(9-11-18)20-14-27-22-23(28-20)30-31-24(22)29-25(33)17-5-3-2-4-6-17/h7-14,17,32H,2-6H2,1H3,(H2,28,29,30,31,33). The lowest BCUT2D eigenvalue weighted by atomic mass is 9.89. The number of aromatic nitrogens is 4. The van der Waals surface area contributed by atoms with Gasteiger partial charge in [-0.2, -0.15) is 5.10 Å². The van der Waals surface area contributed by atoms with Crippen molar-refractivity contribution in [2.75, 3.05) is 10.0 Å². The molecule has 0 spiro atoms. The molecule has 186 valence electrons. The zero-order valence-corrected chi connectivity index (χ0v) is 20.4. The van der Waals surface area contributed by atoms with Gasteiger partial charge in [-0.3, -0.25) is 14.6 Å². The summed E-state index contributed by atoms with van der Waals surface area (Å²) in [5.74, 6) is -0.511. The van der Waals surface area contributed by atoms with E-state index in [9.17, 15) is 17.6 Å². The first kappa shape index (κ1) is 23.9. The van der Waals surface area contributed by atoms with Crippen LogP contribution in [0.2, 0.25) is 0 Å². The Balaban J connectivity index is 1.32. The smallest absolute Gasteiger partial charge is 0.264 e. The molecule has 0 aliphatic heterocycles. The Morgan fingerprint density at radius 2 is 1.83 bits per heavy atom. The number of benzene rings is 2. The highest BCUT2D eigenvalue weighted by Gasteiger charge is 2.23. The van der Waals surface area contributed by atoms with Crippen molar-refractivity contribution >= 4 is 38.6 Å². The molecule has 1 aliphatic rings. The number of amides is 1. The highest BCUT2D eigenvalue weighted by atomic mass is 32.2. The number of hydrogen-bond donors (Lipinski definition) is 3. The van der Waals surface area contributed by atoms with Crippen molar-refractivity contribution < 1.29 is 17.6 Å². The summed E-state index contributed by atoms with van der Waals surface area (Å²) >= 11 is 0. The predicted octanol–water partition coefficient (Wildman–Crippen LogP) is 4.79. The van der Waals surface area contributed by atoms with Crippen LogP contribution in [0.4, 0.5) is 15.9 Å². The quantitative estimate of drug-likeness (QED) is 0.343. The van der Waals surface area contributed by atoms with Crippen molar-refractivity contribution in [1.29, 1.82) is 0 Å². The van der Waals surface area contributed by atoms with Gasteiger partial charge < -0.3 is 5.32 Å². The molecule has 2 aromatic heterocycles. The zero-order valence-electron chi connectivity index (χ0n) is 19.6. The Morgan fingerprint density at radius 1 is 1.08 bits per heavy atom. The minimum atomic E-state index is -4.09.